The standard InChI is InChI=1S/C16H17F3N2.C16H23F3N2.C16H23N3.C16H25N3.C15H21F3N2.C15H17F3N2.C13H19F3N2/c1-3-4-20-9-15-8-14(20)10-21(15)13-6-11(2)5-12(7-13)16(17,18)19;1-11-9-14(16(17,18)19)12(2)15(10-11)21-7-5-13(6-8-21)20(3)4;1-13-9-14(16(2,3)12-17)11-15(10-13)19-7-5-18(4)6-8-19;1-13-9-14(16(2,3)12-17)11-15(10-13)19(6)8-7-18(4)5;1-11-9-13(15(16,17)18)12(2)14(10-11)19-5-8-20-6-3-4-7-20;1-3-4-19-5-7-20(8-6-19)14-10-12(2)9-13(11-14)15(16,17)18;1-9-7-11(13(14,15)16)10(2)12(8-9)17-5-6-18(3)4/h1,5-7,14-15H,4,8-10H2,2H3;9-10,13H,5-8H2,1-4H3;9-11H,5-8H2,1-4H3;9-11H,7-8H2,1-6H3;9-10,19H,3-8H2,1-2H3;1,9-11H,4-8H2,2H3;7-8,17H,5-6H2,1-4H3. The van der Waals surface area contributed by atoms with Gasteiger partial charge >= 0.3 is 30.9 Å². The molecule has 2 bridgehead atoms. The fraction of sp³-hybridized carbons (Fsp3) is 0.551. The monoisotopic (exact) mass is 1940 g/mol. The summed E-state index contributed by atoms with van der Waals surface area (Å²) in [4.78, 5) is 26.2. The molecule has 6 heterocycles. The number of anilines is 7. The number of nitrogens with zero attached hydrogens (tertiary/aromatic N) is 14. The normalized spacial score (nSPS) is 17.0. The van der Waals surface area contributed by atoms with Crippen LogP contribution in [0.25, 0.3) is 0 Å². The Kier molecular flexibility index (Phi) is 41.9. The summed E-state index contributed by atoms with van der Waals surface area (Å²) in [5, 5.41) is 24.8. The molecule has 6 fully saturated rings. The molecule has 138 heavy (non-hydrogen) atoms. The summed E-state index contributed by atoms with van der Waals surface area (Å²) in [6.45, 7) is 44.0. The maximum Gasteiger partial charge on any atom is 0.416 e. The Morgan fingerprint density at radius 3 is 1.22 bits per heavy atom. The van der Waals surface area contributed by atoms with Crippen molar-refractivity contribution < 1.29 is 65.9 Å². The van der Waals surface area contributed by atoms with Crippen molar-refractivity contribution in [3.8, 4) is 36.8 Å². The third kappa shape index (κ3) is 34.7. The van der Waals surface area contributed by atoms with Crippen LogP contribution in [-0.2, 0) is 41.7 Å². The highest BCUT2D eigenvalue weighted by atomic mass is 19.4. The topological polar surface area (TPSA) is 111 Å². The quantitative estimate of drug-likeness (QED) is 0.0526. The number of likely N-dealkylation sites (N-methyl/N-ethyl adjacent to an activating group) is 4. The Labute approximate surface area is 811 Å². The Bertz CT molecular complexity index is 5250. The van der Waals surface area contributed by atoms with Gasteiger partial charge in [0.2, 0.25) is 0 Å². The molecule has 7 aromatic rings. The lowest BCUT2D eigenvalue weighted by molar-refractivity contribution is -0.138. The van der Waals surface area contributed by atoms with Crippen molar-refractivity contribution in [2.75, 3.05) is 235 Å². The number of benzene rings is 7. The molecule has 0 aliphatic carbocycles. The Balaban J connectivity index is 0.000000219. The summed E-state index contributed by atoms with van der Waals surface area (Å²) in [5.41, 5.74) is 10.7. The molecule has 13 rings (SSSR count). The highest BCUT2D eigenvalue weighted by molar-refractivity contribution is 5.62. The minimum absolute atomic E-state index is 0.256. The summed E-state index contributed by atoms with van der Waals surface area (Å²) in [7, 11) is 16.4. The highest BCUT2D eigenvalue weighted by Gasteiger charge is 2.45. The van der Waals surface area contributed by atoms with Crippen LogP contribution in [0.2, 0.25) is 0 Å². The number of hydrogen-bond donors (Lipinski definition) is 2. The van der Waals surface area contributed by atoms with Gasteiger partial charge in [-0.05, 0) is 355 Å². The van der Waals surface area contributed by atoms with Crippen LogP contribution in [0, 0.1) is 117 Å². The Morgan fingerprint density at radius 1 is 0.391 bits per heavy atom. The van der Waals surface area contributed by atoms with Crippen molar-refractivity contribution in [1.82, 2.24) is 34.3 Å². The molecule has 0 amide bonds. The van der Waals surface area contributed by atoms with E-state index in [1.54, 1.807) is 59.7 Å². The lowest BCUT2D eigenvalue weighted by Crippen LogP contribution is -2.46. The number of nitriles is 2. The summed E-state index contributed by atoms with van der Waals surface area (Å²) >= 11 is 0. The summed E-state index contributed by atoms with van der Waals surface area (Å²) in [6.07, 6.45) is -5.46. The number of halogens is 15. The number of aryl methyl sites for hydroxylation is 7. The summed E-state index contributed by atoms with van der Waals surface area (Å²) in [5.74, 6) is 5.23. The van der Waals surface area contributed by atoms with Gasteiger partial charge in [-0.3, -0.25) is 9.80 Å². The van der Waals surface area contributed by atoms with Crippen LogP contribution >= 0.6 is 0 Å². The Hall–Kier alpha value is -10.1. The minimum atomic E-state index is -4.30. The maximum atomic E-state index is 13.1. The van der Waals surface area contributed by atoms with Gasteiger partial charge in [-0.15, -0.1) is 12.8 Å². The van der Waals surface area contributed by atoms with E-state index in [4.69, 9.17) is 12.8 Å². The zero-order chi connectivity index (χ0) is 103. The molecule has 0 radical (unpaired) electrons. The molecule has 16 nitrogen and oxygen atoms in total. The molecule has 2 unspecified atom stereocenters. The third-order valence-corrected chi connectivity index (χ3v) is 26.0. The number of fused-ring (bicyclic) bond motifs is 2. The fourth-order valence-corrected chi connectivity index (χ4v) is 17.7. The average Bonchev–Trinajstić information content (AvgIpc) is 1.49. The van der Waals surface area contributed by atoms with Crippen molar-refractivity contribution in [1.29, 1.82) is 10.5 Å². The molecule has 2 N–H and O–H groups in total. The van der Waals surface area contributed by atoms with Gasteiger partial charge in [0.1, 0.15) is 0 Å². The molecule has 7 aromatic carbocycles. The van der Waals surface area contributed by atoms with Crippen molar-refractivity contribution in [2.45, 2.75) is 189 Å². The molecule has 758 valence electrons. The number of rotatable bonds is 21. The number of likely N-dealkylation sites (tertiary alicyclic amines) is 2. The lowest BCUT2D eigenvalue weighted by atomic mass is 9.85. The van der Waals surface area contributed by atoms with Gasteiger partial charge in [-0.25, -0.2) is 0 Å². The summed E-state index contributed by atoms with van der Waals surface area (Å²) < 4.78 is 194. The van der Waals surface area contributed by atoms with E-state index in [1.165, 1.54) is 91.7 Å². The Morgan fingerprint density at radius 2 is 0.797 bits per heavy atom. The minimum Gasteiger partial charge on any atom is -0.384 e. The molecular weight excluding hydrogens is 1790 g/mol. The van der Waals surface area contributed by atoms with Gasteiger partial charge in [0, 0.05) is 183 Å². The van der Waals surface area contributed by atoms with Crippen LogP contribution in [0.1, 0.15) is 154 Å². The first kappa shape index (κ1) is 115. The SMILES string of the molecule is C#CCN1CC2CC1CN2c1cc(C)cc(C(F)(F)F)c1.C#CCN1CCN(c2cc(C)cc(C(F)(F)F)c2)CC1.Cc1cc(N(C)CCN(C)C)cc(C(C)(C)C#N)c1.Cc1cc(N2CCC(N(C)C)CC2)c(C)c(C(F)(F)F)c1.Cc1cc(N2CCN(C)CC2)cc(C(C)(C)C#N)c1.Cc1cc(NCCN(C)C)c(C)c(C(F)(F)F)c1.Cc1cc(NCCN2CCCC2)c(C)c(C(F)(F)F)c1. The second kappa shape index (κ2) is 50.3. The summed E-state index contributed by atoms with van der Waals surface area (Å²) in [6, 6.07) is 36.4. The first-order valence-electron chi connectivity index (χ1n) is 47.2. The molecular formula is C107H145F15N16. The lowest BCUT2D eigenvalue weighted by Gasteiger charge is -2.37. The van der Waals surface area contributed by atoms with Gasteiger partial charge in [0.05, 0.1) is 63.9 Å². The van der Waals surface area contributed by atoms with Crippen molar-refractivity contribution in [3.63, 3.8) is 0 Å². The zero-order valence-electron chi connectivity index (χ0n) is 84.8. The van der Waals surface area contributed by atoms with Crippen LogP contribution in [0.15, 0.2) is 109 Å². The molecule has 31 heteroatoms. The largest absolute Gasteiger partial charge is 0.416 e. The number of piperidine rings is 1. The highest BCUT2D eigenvalue weighted by Crippen LogP contribution is 2.43. The van der Waals surface area contributed by atoms with E-state index in [0.717, 1.165) is 141 Å². The van der Waals surface area contributed by atoms with E-state index >= 15 is 0 Å². The van der Waals surface area contributed by atoms with Gasteiger partial charge in [0.25, 0.3) is 0 Å². The smallest absolute Gasteiger partial charge is 0.384 e. The number of terminal acetylenes is 2. The van der Waals surface area contributed by atoms with Gasteiger partial charge in [-0.1, -0.05) is 24.0 Å². The third-order valence-electron chi connectivity index (χ3n) is 26.0. The molecule has 0 aromatic heterocycles. The second-order valence-corrected chi connectivity index (χ2v) is 39.3. The van der Waals surface area contributed by atoms with Crippen molar-refractivity contribution in [2.24, 2.45) is 0 Å². The van der Waals surface area contributed by atoms with Gasteiger partial charge in [-0.2, -0.15) is 76.4 Å². The predicted molar refractivity (Wildman–Crippen MR) is 534 cm³/mol. The second-order valence-electron chi connectivity index (χ2n) is 39.3. The van der Waals surface area contributed by atoms with Crippen molar-refractivity contribution in [3.05, 3.63) is 204 Å². The number of alkyl halides is 15. The zero-order valence-corrected chi connectivity index (χ0v) is 84.8. The van der Waals surface area contributed by atoms with E-state index in [0.29, 0.717) is 107 Å². The van der Waals surface area contributed by atoms with Crippen LogP contribution in [0.4, 0.5) is 106 Å². The van der Waals surface area contributed by atoms with E-state index in [2.05, 4.69) is 176 Å². The first-order valence-corrected chi connectivity index (χ1v) is 47.2. The van der Waals surface area contributed by atoms with E-state index < -0.39 is 69.5 Å². The van der Waals surface area contributed by atoms with Crippen LogP contribution in [0.3, 0.4) is 0 Å². The molecule has 0 saturated carbocycles. The molecule has 2 atom stereocenters. The van der Waals surface area contributed by atoms with Crippen LogP contribution < -0.4 is 35.1 Å². The van der Waals surface area contributed by atoms with Crippen LogP contribution in [0.5, 0.6) is 0 Å². The number of piperazine rings is 3. The van der Waals surface area contributed by atoms with Crippen molar-refractivity contribution >= 4 is 39.8 Å². The fourth-order valence-electron chi connectivity index (χ4n) is 17.7. The van der Waals surface area contributed by atoms with E-state index in [-0.39, 0.29) is 17.2 Å². The first-order chi connectivity index (χ1) is 64.2. The molecule has 6 aliphatic rings. The van der Waals surface area contributed by atoms with Gasteiger partial charge < -0.3 is 59.6 Å². The molecule has 0 spiro atoms. The number of nitrogens with one attached hydrogen (secondary N) is 2. The van der Waals surface area contributed by atoms with E-state index in [1.807, 2.05) is 63.7 Å². The average molecular weight is 1940 g/mol. The van der Waals surface area contributed by atoms with Crippen LogP contribution in [-0.4, -0.2) is 253 Å². The van der Waals surface area contributed by atoms with E-state index in [9.17, 15) is 76.4 Å². The molecule has 6 saturated heterocycles. The van der Waals surface area contributed by atoms with Gasteiger partial charge in [0.15, 0.2) is 0 Å². The maximum absolute atomic E-state index is 13.1. The number of hydrogen-bond acceptors (Lipinski definition) is 16. The predicted octanol–water partition coefficient (Wildman–Crippen LogP) is 22.0. The molecule has 6 aliphatic heterocycles.